The lowest BCUT2D eigenvalue weighted by atomic mass is 10.1. The molecule has 0 aliphatic carbocycles. The molecule has 10 nitrogen and oxygen atoms in total. The van der Waals surface area contributed by atoms with E-state index in [0.717, 1.165) is 11.1 Å². The van der Waals surface area contributed by atoms with Crippen molar-refractivity contribution in [3.05, 3.63) is 59.7 Å². The fraction of sp³-hybridized carbons (Fsp3) is 0.500. The van der Waals surface area contributed by atoms with Crippen LogP contribution in [0.15, 0.2) is 48.5 Å². The third kappa shape index (κ3) is 7.28. The largest absolute Gasteiger partial charge is 0.476 e. The molecule has 0 saturated carbocycles. The average molecular weight is 595 g/mol. The van der Waals surface area contributed by atoms with Crippen molar-refractivity contribution in [1.29, 1.82) is 0 Å². The van der Waals surface area contributed by atoms with E-state index in [1.54, 1.807) is 12.1 Å². The molecule has 0 aromatic heterocycles. The van der Waals surface area contributed by atoms with Crippen molar-refractivity contribution < 1.29 is 37.0 Å². The van der Waals surface area contributed by atoms with E-state index in [2.05, 4.69) is 9.44 Å². The lowest BCUT2D eigenvalue weighted by Crippen LogP contribution is -2.42. The number of rotatable bonds is 6. The Bertz CT molecular complexity index is 1170. The number of fused-ring (bicyclic) bond motifs is 2. The highest BCUT2D eigenvalue weighted by Gasteiger charge is 2.43. The van der Waals surface area contributed by atoms with Crippen LogP contribution in [0.1, 0.15) is 64.8 Å². The van der Waals surface area contributed by atoms with E-state index in [-0.39, 0.29) is 0 Å². The summed E-state index contributed by atoms with van der Waals surface area (Å²) in [6, 6.07) is 13.7. The lowest BCUT2D eigenvalue weighted by Gasteiger charge is -2.23. The van der Waals surface area contributed by atoms with E-state index >= 15 is 0 Å². The van der Waals surface area contributed by atoms with Gasteiger partial charge in [-0.3, -0.25) is 0 Å². The lowest BCUT2D eigenvalue weighted by molar-refractivity contribution is -0.149. The highest BCUT2D eigenvalue weighted by atomic mass is 32.2. The summed E-state index contributed by atoms with van der Waals surface area (Å²) in [6.07, 6.45) is -1.63. The summed E-state index contributed by atoms with van der Waals surface area (Å²) in [5.41, 5.74) is 1.64. The van der Waals surface area contributed by atoms with Gasteiger partial charge in [0.15, 0.2) is 0 Å². The van der Waals surface area contributed by atoms with E-state index in [0.29, 0.717) is 11.5 Å². The Morgan fingerprint density at radius 2 is 1.00 bits per heavy atom. The van der Waals surface area contributed by atoms with Crippen molar-refractivity contribution in [2.75, 3.05) is 14.2 Å². The minimum absolute atomic E-state index is 0.432. The molecule has 40 heavy (non-hydrogen) atoms. The Labute approximate surface area is 240 Å². The molecule has 0 amide bonds. The number of carbonyl (C=O) groups is 2. The summed E-state index contributed by atoms with van der Waals surface area (Å²) in [4.78, 5) is 23.7. The van der Waals surface area contributed by atoms with Gasteiger partial charge in [0, 0.05) is 11.1 Å². The number of ether oxygens (including phenoxy) is 4. The molecule has 4 rings (SSSR count). The van der Waals surface area contributed by atoms with Crippen molar-refractivity contribution >= 4 is 33.9 Å². The predicted molar refractivity (Wildman–Crippen MR) is 153 cm³/mol. The Balaban J connectivity index is 0.000000220. The van der Waals surface area contributed by atoms with Crippen molar-refractivity contribution in [3.8, 4) is 11.5 Å². The van der Waals surface area contributed by atoms with Crippen LogP contribution in [-0.2, 0) is 41.0 Å². The summed E-state index contributed by atoms with van der Waals surface area (Å²) >= 11 is 0. The summed E-state index contributed by atoms with van der Waals surface area (Å²) in [5.74, 6) is 0.270. The third-order valence-electron chi connectivity index (χ3n) is 6.07. The first kappa shape index (κ1) is 31.7. The first-order chi connectivity index (χ1) is 18.7. The second kappa shape index (κ2) is 12.8. The molecule has 2 aromatic rings. The number of carbonyl (C=O) groups excluding carboxylic acids is 2. The van der Waals surface area contributed by atoms with Gasteiger partial charge in [0.1, 0.15) is 11.5 Å². The number of hydrogen-bond donors (Lipinski definition) is 2. The maximum absolute atomic E-state index is 12.3. The van der Waals surface area contributed by atoms with Crippen LogP contribution in [0.5, 0.6) is 11.5 Å². The zero-order valence-corrected chi connectivity index (χ0v) is 25.6. The van der Waals surface area contributed by atoms with Gasteiger partial charge >= 0.3 is 11.9 Å². The third-order valence-corrected chi connectivity index (χ3v) is 9.23. The molecule has 6 atom stereocenters. The highest BCUT2D eigenvalue weighted by molar-refractivity contribution is 7.84. The fourth-order valence-electron chi connectivity index (χ4n) is 3.86. The van der Waals surface area contributed by atoms with E-state index in [9.17, 15) is 18.0 Å². The Kier molecular flexibility index (Phi) is 10.2. The van der Waals surface area contributed by atoms with E-state index in [4.69, 9.17) is 18.9 Å². The quantitative estimate of drug-likeness (QED) is 0.487. The molecule has 220 valence electrons. The predicted octanol–water partition coefficient (Wildman–Crippen LogP) is 3.43. The first-order valence-electron chi connectivity index (χ1n) is 12.7. The summed E-state index contributed by atoms with van der Waals surface area (Å²) in [5, 5.41) is 0. The van der Waals surface area contributed by atoms with Gasteiger partial charge in [-0.05, 0) is 53.7 Å². The number of nitrogens with one attached hydrogen (secondary N) is 2. The minimum Gasteiger partial charge on any atom is -0.476 e. The molecule has 0 saturated heterocycles. The van der Waals surface area contributed by atoms with Gasteiger partial charge in [-0.2, -0.15) is 0 Å². The van der Waals surface area contributed by atoms with Crippen LogP contribution >= 0.6 is 0 Å². The number of esters is 2. The van der Waals surface area contributed by atoms with Crippen LogP contribution < -0.4 is 18.9 Å². The van der Waals surface area contributed by atoms with Crippen LogP contribution in [0.2, 0.25) is 0 Å². The van der Waals surface area contributed by atoms with Crippen molar-refractivity contribution in [2.24, 2.45) is 0 Å². The van der Waals surface area contributed by atoms with Crippen molar-refractivity contribution in [2.45, 2.75) is 75.3 Å². The smallest absolute Gasteiger partial charge is 0.349 e. The van der Waals surface area contributed by atoms with Crippen molar-refractivity contribution in [3.63, 3.8) is 0 Å². The van der Waals surface area contributed by atoms with Gasteiger partial charge in [-0.15, -0.1) is 0 Å². The molecular weight excluding hydrogens is 556 g/mol. The Morgan fingerprint density at radius 1 is 0.675 bits per heavy atom. The van der Waals surface area contributed by atoms with E-state index in [1.165, 1.54) is 14.2 Å². The maximum atomic E-state index is 12.3. The van der Waals surface area contributed by atoms with Crippen LogP contribution in [0.4, 0.5) is 0 Å². The van der Waals surface area contributed by atoms with Gasteiger partial charge in [0.05, 0.1) is 57.8 Å². The molecule has 0 fully saturated rings. The van der Waals surface area contributed by atoms with Gasteiger partial charge in [-0.25, -0.2) is 27.5 Å². The molecule has 2 heterocycles. The molecule has 0 spiro atoms. The highest BCUT2D eigenvalue weighted by Crippen LogP contribution is 2.38. The van der Waals surface area contributed by atoms with Crippen LogP contribution in [0.3, 0.4) is 0 Å². The van der Waals surface area contributed by atoms with Crippen LogP contribution in [0, 0.1) is 0 Å². The maximum Gasteiger partial charge on any atom is 0.349 e. The molecule has 2 N–H and O–H groups in total. The van der Waals surface area contributed by atoms with Gasteiger partial charge in [-0.1, -0.05) is 36.4 Å². The normalized spacial score (nSPS) is 22.8. The van der Waals surface area contributed by atoms with Gasteiger partial charge < -0.3 is 18.9 Å². The second-order valence-electron chi connectivity index (χ2n) is 11.2. The zero-order chi connectivity index (χ0) is 29.8. The first-order valence-corrected chi connectivity index (χ1v) is 15.0. The summed E-state index contributed by atoms with van der Waals surface area (Å²) < 4.78 is 50.4. The number of benzene rings is 2. The molecule has 0 unspecified atom stereocenters. The number of para-hydroxylation sites is 2. The van der Waals surface area contributed by atoms with Gasteiger partial charge in [0.2, 0.25) is 12.2 Å². The molecule has 12 heteroatoms. The van der Waals surface area contributed by atoms with Crippen LogP contribution in [0.25, 0.3) is 0 Å². The molecule has 2 aromatic carbocycles. The average Bonchev–Trinajstić information content (AvgIpc) is 3.46. The summed E-state index contributed by atoms with van der Waals surface area (Å²) in [6.45, 7) is 11.2. The summed E-state index contributed by atoms with van der Waals surface area (Å²) in [7, 11) is 0.00106. The van der Waals surface area contributed by atoms with E-state index < -0.39 is 67.7 Å². The fourth-order valence-corrected chi connectivity index (χ4v) is 5.53. The molecular formula is C28H38N2O8S2. The molecule has 2 aliphatic heterocycles. The molecule has 0 bridgehead atoms. The van der Waals surface area contributed by atoms with E-state index in [1.807, 2.05) is 77.9 Å². The zero-order valence-electron chi connectivity index (χ0n) is 24.0. The molecule has 2 aliphatic rings. The second-order valence-corrected chi connectivity index (χ2v) is 15.1. The Morgan fingerprint density at radius 3 is 1.30 bits per heavy atom. The number of hydrogen-bond acceptors (Lipinski definition) is 8. The monoisotopic (exact) mass is 594 g/mol. The standard InChI is InChI=1S/2C14H19NO4S/c2*1-14(2,3)20(17)15-11-9-7-5-6-8-10(9)19-12(11)13(16)18-4/h2*5-8,11-12,15H,1-4H3/t11-,12+,20+;11-,12+,20-/m10/s1. The number of methoxy groups -OCH3 is 2. The molecule has 0 radical (unpaired) electrons. The van der Waals surface area contributed by atoms with Crippen LogP contribution in [-0.4, -0.2) is 56.3 Å². The SMILES string of the molecule is COC(=O)[C@@H]1Oc2ccccc2[C@@H]1N[S@@](=O)C(C)(C)C.COC(=O)[C@H]1Oc2ccccc2[C@H]1N[S@@](=O)C(C)(C)C. The Hall–Kier alpha value is -2.80. The minimum atomic E-state index is -1.31. The topological polar surface area (TPSA) is 129 Å². The van der Waals surface area contributed by atoms with Crippen molar-refractivity contribution in [1.82, 2.24) is 9.44 Å². The van der Waals surface area contributed by atoms with Gasteiger partial charge in [0.25, 0.3) is 0 Å².